The molecule has 2 aromatic carbocycles. The number of carbonyl (C=O) groups is 1. The molecule has 0 heterocycles. The Hall–Kier alpha value is -2.38. The van der Waals surface area contributed by atoms with Gasteiger partial charge in [0, 0.05) is 6.42 Å². The molecule has 0 fully saturated rings. The van der Waals surface area contributed by atoms with Crippen molar-refractivity contribution in [1.29, 1.82) is 0 Å². The fourth-order valence-corrected chi connectivity index (χ4v) is 3.42. The molecule has 2 rings (SSSR count). The molecule has 0 bridgehead atoms. The Morgan fingerprint density at radius 3 is 2.46 bits per heavy atom. The lowest BCUT2D eigenvalue weighted by molar-refractivity contribution is -0.121. The van der Waals surface area contributed by atoms with Gasteiger partial charge in [0.15, 0.2) is 0 Å². The van der Waals surface area contributed by atoms with Gasteiger partial charge in [-0.1, -0.05) is 30.3 Å². The SMILES string of the molecule is Cc1cc(S(N)(=O)=O)c(C)cc1OCCNC(=O)CCc1ccccc1. The monoisotopic (exact) mass is 376 g/mol. The summed E-state index contributed by atoms with van der Waals surface area (Å²) in [7, 11) is -3.75. The van der Waals surface area contributed by atoms with E-state index in [4.69, 9.17) is 9.88 Å². The number of nitrogens with one attached hydrogen (secondary N) is 1. The van der Waals surface area contributed by atoms with Gasteiger partial charge in [0.1, 0.15) is 12.4 Å². The Morgan fingerprint density at radius 2 is 1.81 bits per heavy atom. The Kier molecular flexibility index (Phi) is 6.76. The number of nitrogens with two attached hydrogens (primary N) is 1. The molecule has 7 heteroatoms. The van der Waals surface area contributed by atoms with Gasteiger partial charge in [-0.25, -0.2) is 13.6 Å². The van der Waals surface area contributed by atoms with Crippen LogP contribution in [0.25, 0.3) is 0 Å². The Bertz CT molecular complexity index is 865. The molecule has 0 aromatic heterocycles. The molecule has 0 saturated heterocycles. The second-order valence-electron chi connectivity index (χ2n) is 6.11. The van der Waals surface area contributed by atoms with E-state index in [0.29, 0.717) is 42.9 Å². The molecule has 0 aliphatic carbocycles. The van der Waals surface area contributed by atoms with Gasteiger partial charge in [-0.3, -0.25) is 4.79 Å². The van der Waals surface area contributed by atoms with Crippen LogP contribution in [0.15, 0.2) is 47.4 Å². The molecule has 0 radical (unpaired) electrons. The van der Waals surface area contributed by atoms with Crippen molar-refractivity contribution in [3.63, 3.8) is 0 Å². The molecule has 1 amide bonds. The lowest BCUT2D eigenvalue weighted by Crippen LogP contribution is -2.28. The lowest BCUT2D eigenvalue weighted by Gasteiger charge is -2.13. The van der Waals surface area contributed by atoms with E-state index in [1.807, 2.05) is 30.3 Å². The van der Waals surface area contributed by atoms with Crippen LogP contribution in [0.3, 0.4) is 0 Å². The van der Waals surface area contributed by atoms with E-state index in [-0.39, 0.29) is 10.8 Å². The third kappa shape index (κ3) is 5.86. The quantitative estimate of drug-likeness (QED) is 0.689. The first-order chi connectivity index (χ1) is 12.3. The highest BCUT2D eigenvalue weighted by Gasteiger charge is 2.14. The van der Waals surface area contributed by atoms with Crippen LogP contribution in [-0.2, 0) is 21.2 Å². The fraction of sp³-hybridized carbons (Fsp3) is 0.316. The maximum absolute atomic E-state index is 11.9. The Labute approximate surface area is 154 Å². The van der Waals surface area contributed by atoms with Gasteiger partial charge in [-0.15, -0.1) is 0 Å². The number of ether oxygens (including phenoxy) is 1. The molecule has 0 atom stereocenters. The second kappa shape index (κ2) is 8.82. The summed E-state index contributed by atoms with van der Waals surface area (Å²) in [5, 5.41) is 8.00. The van der Waals surface area contributed by atoms with E-state index in [1.165, 1.54) is 6.07 Å². The van der Waals surface area contributed by atoms with Crippen molar-refractivity contribution in [2.75, 3.05) is 13.2 Å². The number of benzene rings is 2. The smallest absolute Gasteiger partial charge is 0.238 e. The highest BCUT2D eigenvalue weighted by atomic mass is 32.2. The van der Waals surface area contributed by atoms with Crippen LogP contribution in [0.5, 0.6) is 5.75 Å². The van der Waals surface area contributed by atoms with Crippen LogP contribution in [0.2, 0.25) is 0 Å². The van der Waals surface area contributed by atoms with E-state index in [9.17, 15) is 13.2 Å². The summed E-state index contributed by atoms with van der Waals surface area (Å²) in [6.45, 7) is 4.09. The molecule has 0 spiro atoms. The zero-order valence-corrected chi connectivity index (χ0v) is 15.8. The first-order valence-electron chi connectivity index (χ1n) is 8.35. The maximum Gasteiger partial charge on any atom is 0.238 e. The number of primary sulfonamides is 1. The summed E-state index contributed by atoms with van der Waals surface area (Å²) in [5.41, 5.74) is 2.33. The van der Waals surface area contributed by atoms with E-state index >= 15 is 0 Å². The molecule has 3 N–H and O–H groups in total. The molecule has 26 heavy (non-hydrogen) atoms. The summed E-state index contributed by atoms with van der Waals surface area (Å²) in [4.78, 5) is 12.0. The number of rotatable bonds is 8. The molecule has 6 nitrogen and oxygen atoms in total. The summed E-state index contributed by atoms with van der Waals surface area (Å²) in [6, 6.07) is 13.0. The standard InChI is InChI=1S/C19H24N2O4S/c1-14-13-18(26(20,23)24)15(2)12-17(14)25-11-10-21-19(22)9-8-16-6-4-3-5-7-16/h3-7,12-13H,8-11H2,1-2H3,(H,21,22)(H2,20,23,24). The predicted molar refractivity (Wildman–Crippen MR) is 101 cm³/mol. The zero-order valence-electron chi connectivity index (χ0n) is 15.0. The van der Waals surface area contributed by atoms with Gasteiger partial charge in [0.2, 0.25) is 15.9 Å². The zero-order chi connectivity index (χ0) is 19.2. The fourth-order valence-electron chi connectivity index (χ4n) is 2.57. The minimum absolute atomic E-state index is 0.0325. The average Bonchev–Trinajstić information content (AvgIpc) is 2.59. The van der Waals surface area contributed by atoms with Crippen molar-refractivity contribution >= 4 is 15.9 Å². The summed E-state index contributed by atoms with van der Waals surface area (Å²) >= 11 is 0. The third-order valence-corrected chi connectivity index (χ3v) is 5.00. The van der Waals surface area contributed by atoms with Crippen molar-refractivity contribution in [1.82, 2.24) is 5.32 Å². The largest absolute Gasteiger partial charge is 0.491 e. The third-order valence-electron chi connectivity index (χ3n) is 3.94. The molecule has 140 valence electrons. The molecule has 0 aliphatic heterocycles. The molecular formula is C19H24N2O4S. The summed E-state index contributed by atoms with van der Waals surface area (Å²) < 4.78 is 28.7. The number of amides is 1. The number of sulfonamides is 1. The van der Waals surface area contributed by atoms with Gasteiger partial charge in [-0.05, 0) is 49.1 Å². The van der Waals surface area contributed by atoms with E-state index in [1.54, 1.807) is 19.9 Å². The highest BCUT2D eigenvalue weighted by molar-refractivity contribution is 7.89. The van der Waals surface area contributed by atoms with Crippen molar-refractivity contribution < 1.29 is 17.9 Å². The highest BCUT2D eigenvalue weighted by Crippen LogP contribution is 2.25. The van der Waals surface area contributed by atoms with Crippen molar-refractivity contribution in [3.8, 4) is 5.75 Å². The minimum atomic E-state index is -3.75. The number of aryl methyl sites for hydroxylation is 3. The first kappa shape index (κ1) is 19.9. The van der Waals surface area contributed by atoms with E-state index < -0.39 is 10.0 Å². The van der Waals surface area contributed by atoms with E-state index in [2.05, 4.69) is 5.32 Å². The predicted octanol–water partition coefficient (Wildman–Crippen LogP) is 2.08. The number of hydrogen-bond donors (Lipinski definition) is 2. The second-order valence-corrected chi connectivity index (χ2v) is 7.64. The summed E-state index contributed by atoms with van der Waals surface area (Å²) in [5.74, 6) is 0.545. The van der Waals surface area contributed by atoms with Gasteiger partial charge < -0.3 is 10.1 Å². The molecular weight excluding hydrogens is 352 g/mol. The molecule has 2 aromatic rings. The van der Waals surface area contributed by atoms with E-state index in [0.717, 1.165) is 5.56 Å². The molecule has 0 saturated carbocycles. The molecule has 0 aliphatic rings. The van der Waals surface area contributed by atoms with Gasteiger partial charge in [-0.2, -0.15) is 0 Å². The van der Waals surface area contributed by atoms with Gasteiger partial charge in [0.25, 0.3) is 0 Å². The maximum atomic E-state index is 11.9. The number of hydrogen-bond acceptors (Lipinski definition) is 4. The topological polar surface area (TPSA) is 98.5 Å². The van der Waals surface area contributed by atoms with Crippen LogP contribution >= 0.6 is 0 Å². The molecule has 0 unspecified atom stereocenters. The first-order valence-corrected chi connectivity index (χ1v) is 9.89. The van der Waals surface area contributed by atoms with Crippen LogP contribution in [0.4, 0.5) is 0 Å². The van der Waals surface area contributed by atoms with Gasteiger partial charge >= 0.3 is 0 Å². The van der Waals surface area contributed by atoms with Crippen LogP contribution in [-0.4, -0.2) is 27.5 Å². The van der Waals surface area contributed by atoms with Crippen LogP contribution in [0.1, 0.15) is 23.1 Å². The van der Waals surface area contributed by atoms with Crippen molar-refractivity contribution in [2.24, 2.45) is 5.14 Å². The number of carbonyl (C=O) groups excluding carboxylic acids is 1. The van der Waals surface area contributed by atoms with Crippen LogP contribution in [0, 0.1) is 13.8 Å². The summed E-state index contributed by atoms with van der Waals surface area (Å²) in [6.07, 6.45) is 1.12. The minimum Gasteiger partial charge on any atom is -0.491 e. The van der Waals surface area contributed by atoms with Gasteiger partial charge in [0.05, 0.1) is 11.4 Å². The van der Waals surface area contributed by atoms with Crippen LogP contribution < -0.4 is 15.2 Å². The Morgan fingerprint density at radius 1 is 1.12 bits per heavy atom. The lowest BCUT2D eigenvalue weighted by atomic mass is 10.1. The van der Waals surface area contributed by atoms with Crippen molar-refractivity contribution in [2.45, 2.75) is 31.6 Å². The van der Waals surface area contributed by atoms with Crippen molar-refractivity contribution in [3.05, 3.63) is 59.2 Å². The Balaban J connectivity index is 1.79. The normalized spacial score (nSPS) is 11.2. The average molecular weight is 376 g/mol.